The molecule has 1 aliphatic rings. The van der Waals surface area contributed by atoms with E-state index in [1.54, 1.807) is 12.4 Å². The fraction of sp³-hybridized carbons (Fsp3) is 0.692. The van der Waals surface area contributed by atoms with Gasteiger partial charge in [-0.2, -0.15) is 0 Å². The lowest BCUT2D eigenvalue weighted by molar-refractivity contribution is 0.481. The summed E-state index contributed by atoms with van der Waals surface area (Å²) in [6.45, 7) is 5.18. The lowest BCUT2D eigenvalue weighted by atomic mass is 10.00. The number of hydrogen-bond acceptors (Lipinski definition) is 4. The first kappa shape index (κ1) is 12.1. The van der Waals surface area contributed by atoms with E-state index in [0.29, 0.717) is 6.04 Å². The quantitative estimate of drug-likeness (QED) is 0.822. The van der Waals surface area contributed by atoms with Gasteiger partial charge in [-0.05, 0) is 32.6 Å². The predicted octanol–water partition coefficient (Wildman–Crippen LogP) is 2.90. The van der Waals surface area contributed by atoms with Crippen LogP contribution in [0.4, 0.5) is 11.6 Å². The van der Waals surface area contributed by atoms with Crippen molar-refractivity contribution < 1.29 is 0 Å². The molecule has 1 aromatic rings. The Bertz CT molecular complexity index is 347. The number of anilines is 2. The molecule has 0 aliphatic heterocycles. The summed E-state index contributed by atoms with van der Waals surface area (Å²) in [6.07, 6.45) is 8.99. The minimum absolute atomic E-state index is 0.490. The summed E-state index contributed by atoms with van der Waals surface area (Å²) in [5.41, 5.74) is 0. The van der Waals surface area contributed by atoms with Gasteiger partial charge in [-0.15, -0.1) is 0 Å². The van der Waals surface area contributed by atoms with Gasteiger partial charge < -0.3 is 10.6 Å². The van der Waals surface area contributed by atoms with Crippen LogP contribution in [0.5, 0.6) is 0 Å². The molecule has 0 aromatic carbocycles. The number of hydrogen-bond donors (Lipinski definition) is 2. The van der Waals surface area contributed by atoms with E-state index in [1.807, 2.05) is 0 Å². The van der Waals surface area contributed by atoms with Gasteiger partial charge in [-0.1, -0.05) is 12.8 Å². The third-order valence-corrected chi connectivity index (χ3v) is 3.47. The Morgan fingerprint density at radius 3 is 2.71 bits per heavy atom. The van der Waals surface area contributed by atoms with Crippen molar-refractivity contribution in [2.24, 2.45) is 5.92 Å². The van der Waals surface area contributed by atoms with Crippen LogP contribution < -0.4 is 10.6 Å². The van der Waals surface area contributed by atoms with Crippen molar-refractivity contribution in [3.63, 3.8) is 0 Å². The molecule has 17 heavy (non-hydrogen) atoms. The fourth-order valence-electron chi connectivity index (χ4n) is 2.51. The molecule has 94 valence electrons. The standard InChI is InChI=1S/C13H22N4/c1-3-15-12-8-14-9-13(17-12)16-10(2)11-6-4-5-7-11/h8-11H,3-7H2,1-2H3,(H2,15,16,17). The van der Waals surface area contributed by atoms with Crippen LogP contribution in [-0.2, 0) is 0 Å². The van der Waals surface area contributed by atoms with Crippen LogP contribution >= 0.6 is 0 Å². The molecule has 1 heterocycles. The zero-order valence-electron chi connectivity index (χ0n) is 10.7. The Labute approximate surface area is 103 Å². The van der Waals surface area contributed by atoms with E-state index >= 15 is 0 Å². The molecule has 2 rings (SSSR count). The van der Waals surface area contributed by atoms with Gasteiger partial charge in [0.2, 0.25) is 0 Å². The molecule has 1 fully saturated rings. The second kappa shape index (κ2) is 5.84. The first-order chi connectivity index (χ1) is 8.29. The molecule has 0 bridgehead atoms. The van der Waals surface area contributed by atoms with Crippen molar-refractivity contribution >= 4 is 11.6 Å². The van der Waals surface area contributed by atoms with E-state index in [0.717, 1.165) is 24.1 Å². The maximum atomic E-state index is 4.49. The van der Waals surface area contributed by atoms with Gasteiger partial charge in [-0.3, -0.25) is 4.98 Å². The molecule has 0 spiro atoms. The van der Waals surface area contributed by atoms with Crippen molar-refractivity contribution in [2.75, 3.05) is 17.2 Å². The number of nitrogens with zero attached hydrogens (tertiary/aromatic N) is 2. The first-order valence-electron chi connectivity index (χ1n) is 6.62. The Kier molecular flexibility index (Phi) is 4.18. The van der Waals surface area contributed by atoms with Crippen molar-refractivity contribution in [1.29, 1.82) is 0 Å². The summed E-state index contributed by atoms with van der Waals surface area (Å²) in [7, 11) is 0. The predicted molar refractivity (Wildman–Crippen MR) is 71.2 cm³/mol. The van der Waals surface area contributed by atoms with Crippen molar-refractivity contribution in [1.82, 2.24) is 9.97 Å². The van der Waals surface area contributed by atoms with Crippen LogP contribution in [0.2, 0.25) is 0 Å². The highest BCUT2D eigenvalue weighted by Gasteiger charge is 2.21. The minimum atomic E-state index is 0.490. The summed E-state index contributed by atoms with van der Waals surface area (Å²) in [5, 5.41) is 6.65. The summed E-state index contributed by atoms with van der Waals surface area (Å²) >= 11 is 0. The summed E-state index contributed by atoms with van der Waals surface area (Å²) < 4.78 is 0. The van der Waals surface area contributed by atoms with E-state index in [2.05, 4.69) is 34.4 Å². The van der Waals surface area contributed by atoms with Crippen molar-refractivity contribution in [2.45, 2.75) is 45.6 Å². The van der Waals surface area contributed by atoms with Crippen LogP contribution in [0.1, 0.15) is 39.5 Å². The van der Waals surface area contributed by atoms with Gasteiger partial charge in [0.05, 0.1) is 12.4 Å². The molecule has 1 aliphatic carbocycles. The molecule has 1 atom stereocenters. The molecular formula is C13H22N4. The van der Waals surface area contributed by atoms with Gasteiger partial charge in [-0.25, -0.2) is 4.98 Å². The van der Waals surface area contributed by atoms with Crippen molar-refractivity contribution in [3.05, 3.63) is 12.4 Å². The highest BCUT2D eigenvalue weighted by atomic mass is 15.1. The van der Waals surface area contributed by atoms with Crippen LogP contribution in [0, 0.1) is 5.92 Å². The van der Waals surface area contributed by atoms with Gasteiger partial charge in [0, 0.05) is 12.6 Å². The number of nitrogens with one attached hydrogen (secondary N) is 2. The highest BCUT2D eigenvalue weighted by Crippen LogP contribution is 2.28. The topological polar surface area (TPSA) is 49.8 Å². The number of aromatic nitrogens is 2. The van der Waals surface area contributed by atoms with Gasteiger partial charge in [0.15, 0.2) is 0 Å². The van der Waals surface area contributed by atoms with Gasteiger partial charge >= 0.3 is 0 Å². The summed E-state index contributed by atoms with van der Waals surface area (Å²) in [6, 6.07) is 0.490. The molecule has 2 N–H and O–H groups in total. The molecular weight excluding hydrogens is 212 g/mol. The average molecular weight is 234 g/mol. The fourth-order valence-corrected chi connectivity index (χ4v) is 2.51. The lowest BCUT2D eigenvalue weighted by Gasteiger charge is -2.20. The van der Waals surface area contributed by atoms with Gasteiger partial charge in [0.25, 0.3) is 0 Å². The van der Waals surface area contributed by atoms with Crippen LogP contribution in [0.15, 0.2) is 12.4 Å². The lowest BCUT2D eigenvalue weighted by Crippen LogP contribution is -2.24. The van der Waals surface area contributed by atoms with Crippen LogP contribution in [0.25, 0.3) is 0 Å². The molecule has 1 aromatic heterocycles. The maximum Gasteiger partial charge on any atom is 0.147 e. The molecule has 0 amide bonds. The van der Waals surface area contributed by atoms with E-state index in [-0.39, 0.29) is 0 Å². The number of rotatable bonds is 5. The highest BCUT2D eigenvalue weighted by molar-refractivity contribution is 5.42. The average Bonchev–Trinajstić information content (AvgIpc) is 2.83. The second-order valence-corrected chi connectivity index (χ2v) is 4.80. The largest absolute Gasteiger partial charge is 0.369 e. The molecule has 0 saturated heterocycles. The Morgan fingerprint density at radius 2 is 2.00 bits per heavy atom. The molecule has 4 heteroatoms. The zero-order valence-corrected chi connectivity index (χ0v) is 10.7. The van der Waals surface area contributed by atoms with Crippen molar-refractivity contribution in [3.8, 4) is 0 Å². The third-order valence-electron chi connectivity index (χ3n) is 3.47. The zero-order chi connectivity index (χ0) is 12.1. The minimum Gasteiger partial charge on any atom is -0.369 e. The molecule has 0 radical (unpaired) electrons. The first-order valence-corrected chi connectivity index (χ1v) is 6.62. The van der Waals surface area contributed by atoms with Gasteiger partial charge in [0.1, 0.15) is 11.6 Å². The Hall–Kier alpha value is -1.32. The SMILES string of the molecule is CCNc1cncc(NC(C)C2CCCC2)n1. The Morgan fingerprint density at radius 1 is 1.29 bits per heavy atom. The van der Waals surface area contributed by atoms with E-state index < -0.39 is 0 Å². The third kappa shape index (κ3) is 3.32. The molecule has 4 nitrogen and oxygen atoms in total. The van der Waals surface area contributed by atoms with E-state index in [1.165, 1.54) is 25.7 Å². The van der Waals surface area contributed by atoms with E-state index in [9.17, 15) is 0 Å². The monoisotopic (exact) mass is 234 g/mol. The summed E-state index contributed by atoms with van der Waals surface area (Å²) in [4.78, 5) is 8.68. The second-order valence-electron chi connectivity index (χ2n) is 4.80. The normalized spacial score (nSPS) is 18.0. The Balaban J connectivity index is 1.94. The van der Waals surface area contributed by atoms with Crippen LogP contribution in [-0.4, -0.2) is 22.6 Å². The van der Waals surface area contributed by atoms with E-state index in [4.69, 9.17) is 0 Å². The summed E-state index contributed by atoms with van der Waals surface area (Å²) in [5.74, 6) is 2.51. The molecule has 1 unspecified atom stereocenters. The maximum absolute atomic E-state index is 4.49. The smallest absolute Gasteiger partial charge is 0.147 e. The molecule has 1 saturated carbocycles. The van der Waals surface area contributed by atoms with Crippen LogP contribution in [0.3, 0.4) is 0 Å².